The van der Waals surface area contributed by atoms with Gasteiger partial charge in [0.15, 0.2) is 0 Å². The fourth-order valence-corrected chi connectivity index (χ4v) is 1.72. The van der Waals surface area contributed by atoms with Gasteiger partial charge in [0.1, 0.15) is 5.75 Å². The van der Waals surface area contributed by atoms with E-state index in [1.807, 2.05) is 70.2 Å². The van der Waals surface area contributed by atoms with Gasteiger partial charge in [0.2, 0.25) is 0 Å². The van der Waals surface area contributed by atoms with Crippen LogP contribution in [-0.4, -0.2) is 13.7 Å². The average Bonchev–Trinajstić information content (AvgIpc) is 2.72. The first-order valence-corrected chi connectivity index (χ1v) is 8.66. The molecule has 0 unspecified atom stereocenters. The Morgan fingerprint density at radius 2 is 1.60 bits per heavy atom. The molecule has 0 spiro atoms. The molecule has 0 radical (unpaired) electrons. The summed E-state index contributed by atoms with van der Waals surface area (Å²) >= 11 is 0. The highest BCUT2D eigenvalue weighted by atomic mass is 16.5. The fraction of sp³-hybridized carbons (Fsp3) is 0.318. The van der Waals surface area contributed by atoms with Crippen molar-refractivity contribution in [2.45, 2.75) is 34.1 Å². The van der Waals surface area contributed by atoms with Gasteiger partial charge in [0.25, 0.3) is 0 Å². The van der Waals surface area contributed by atoms with Gasteiger partial charge in [0, 0.05) is 6.54 Å². The Morgan fingerprint density at radius 1 is 1.04 bits per heavy atom. The number of nitriles is 1. The van der Waals surface area contributed by atoms with Crippen molar-refractivity contribution in [1.82, 2.24) is 0 Å². The molecule has 0 saturated carbocycles. The molecule has 3 heteroatoms. The van der Waals surface area contributed by atoms with E-state index in [-0.39, 0.29) is 0 Å². The van der Waals surface area contributed by atoms with Crippen molar-refractivity contribution in [2.24, 2.45) is 5.73 Å². The Kier molecular flexibility index (Phi) is 17.6. The summed E-state index contributed by atoms with van der Waals surface area (Å²) in [7, 11) is 1.67. The first-order chi connectivity index (χ1) is 12.2. The molecule has 0 saturated heterocycles. The lowest BCUT2D eigenvalue weighted by Gasteiger charge is -2.04. The standard InChI is InChI=1S/C15H13NO.C3H7N.2C2H6/c1-17-15-4-2-3-14(10-15)9-12-5-7-13(11-16)8-6-12;1-2-3-4;2*1-2/h2-8,10H,9H2,1H3;2H,1,3-4H2;2*1-2H3. The molecule has 0 bridgehead atoms. The molecule has 2 rings (SSSR count). The number of ether oxygens (including phenoxy) is 1. The second-order valence-electron chi connectivity index (χ2n) is 4.36. The van der Waals surface area contributed by atoms with Gasteiger partial charge in [-0.1, -0.05) is 58.0 Å². The molecule has 0 heterocycles. The fourth-order valence-electron chi connectivity index (χ4n) is 1.72. The van der Waals surface area contributed by atoms with Crippen LogP contribution in [0.3, 0.4) is 0 Å². The van der Waals surface area contributed by atoms with Gasteiger partial charge in [-0.3, -0.25) is 0 Å². The van der Waals surface area contributed by atoms with E-state index in [1.54, 1.807) is 13.2 Å². The normalized spacial score (nSPS) is 8.04. The first kappa shape index (κ1) is 24.7. The summed E-state index contributed by atoms with van der Waals surface area (Å²) in [6.45, 7) is 11.9. The number of methoxy groups -OCH3 is 1. The Morgan fingerprint density at radius 3 is 2.04 bits per heavy atom. The molecule has 3 nitrogen and oxygen atoms in total. The zero-order valence-corrected chi connectivity index (χ0v) is 16.3. The van der Waals surface area contributed by atoms with Gasteiger partial charge >= 0.3 is 0 Å². The zero-order valence-electron chi connectivity index (χ0n) is 16.3. The van der Waals surface area contributed by atoms with Crippen LogP contribution >= 0.6 is 0 Å². The van der Waals surface area contributed by atoms with E-state index in [0.29, 0.717) is 12.1 Å². The molecule has 136 valence electrons. The Labute approximate surface area is 153 Å². The minimum absolute atomic E-state index is 0.583. The number of benzene rings is 2. The molecule has 0 atom stereocenters. The maximum Gasteiger partial charge on any atom is 0.119 e. The second kappa shape index (κ2) is 17.8. The number of rotatable bonds is 4. The Bertz CT molecular complexity index is 598. The molecule has 2 aromatic rings. The van der Waals surface area contributed by atoms with E-state index in [9.17, 15) is 0 Å². The van der Waals surface area contributed by atoms with Gasteiger partial charge in [-0.2, -0.15) is 5.26 Å². The third-order valence-corrected chi connectivity index (χ3v) is 2.79. The Hall–Kier alpha value is -2.57. The maximum atomic E-state index is 8.72. The number of nitrogens with two attached hydrogens (primary N) is 1. The summed E-state index contributed by atoms with van der Waals surface area (Å²) < 4.78 is 5.19. The molecule has 0 amide bonds. The van der Waals surface area contributed by atoms with E-state index < -0.39 is 0 Å². The summed E-state index contributed by atoms with van der Waals surface area (Å²) in [5, 5.41) is 8.72. The van der Waals surface area contributed by atoms with Gasteiger partial charge < -0.3 is 10.5 Å². The SMILES string of the molecule is C=CCN.CC.CC.COc1cccc(Cc2ccc(C#N)cc2)c1. The van der Waals surface area contributed by atoms with Gasteiger partial charge in [-0.15, -0.1) is 6.58 Å². The summed E-state index contributed by atoms with van der Waals surface area (Å²) in [4.78, 5) is 0. The lowest BCUT2D eigenvalue weighted by Crippen LogP contribution is -1.90. The van der Waals surface area contributed by atoms with E-state index >= 15 is 0 Å². The number of hydrogen-bond donors (Lipinski definition) is 1. The van der Waals surface area contributed by atoms with Crippen LogP contribution in [0.1, 0.15) is 44.4 Å². The summed E-state index contributed by atoms with van der Waals surface area (Å²) in [5.74, 6) is 0.871. The molecular formula is C22H32N2O. The van der Waals surface area contributed by atoms with Crippen LogP contribution in [0.4, 0.5) is 0 Å². The molecule has 25 heavy (non-hydrogen) atoms. The molecule has 0 aromatic heterocycles. The van der Waals surface area contributed by atoms with E-state index in [0.717, 1.165) is 12.2 Å². The highest BCUT2D eigenvalue weighted by Gasteiger charge is 1.98. The van der Waals surface area contributed by atoms with Crippen molar-refractivity contribution in [3.8, 4) is 11.8 Å². The van der Waals surface area contributed by atoms with Crippen molar-refractivity contribution in [3.05, 3.63) is 77.9 Å². The van der Waals surface area contributed by atoms with E-state index in [1.165, 1.54) is 11.1 Å². The molecule has 2 N–H and O–H groups in total. The quantitative estimate of drug-likeness (QED) is 0.764. The van der Waals surface area contributed by atoms with Crippen LogP contribution in [0.15, 0.2) is 61.2 Å². The molecule has 0 aliphatic carbocycles. The lowest BCUT2D eigenvalue weighted by molar-refractivity contribution is 0.414. The molecule has 0 aliphatic rings. The second-order valence-corrected chi connectivity index (χ2v) is 4.36. The predicted molar refractivity (Wildman–Crippen MR) is 109 cm³/mol. The smallest absolute Gasteiger partial charge is 0.119 e. The molecular weight excluding hydrogens is 308 g/mol. The third kappa shape index (κ3) is 11.6. The first-order valence-electron chi connectivity index (χ1n) is 8.66. The van der Waals surface area contributed by atoms with Gasteiger partial charge in [-0.25, -0.2) is 0 Å². The lowest BCUT2D eigenvalue weighted by atomic mass is 10.0. The zero-order chi connectivity index (χ0) is 19.5. The predicted octanol–water partition coefficient (Wildman–Crippen LogP) is 5.34. The van der Waals surface area contributed by atoms with Crippen LogP contribution in [0.25, 0.3) is 0 Å². The summed E-state index contributed by atoms with van der Waals surface area (Å²) in [6.07, 6.45) is 2.50. The van der Waals surface area contributed by atoms with E-state index in [2.05, 4.69) is 18.7 Å². The van der Waals surface area contributed by atoms with Crippen molar-refractivity contribution in [3.63, 3.8) is 0 Å². The van der Waals surface area contributed by atoms with Crippen LogP contribution in [0.5, 0.6) is 5.75 Å². The van der Waals surface area contributed by atoms with Crippen LogP contribution in [-0.2, 0) is 6.42 Å². The minimum atomic E-state index is 0.583. The molecule has 0 fully saturated rings. The third-order valence-electron chi connectivity index (χ3n) is 2.79. The van der Waals surface area contributed by atoms with E-state index in [4.69, 9.17) is 15.7 Å². The highest BCUT2D eigenvalue weighted by molar-refractivity contribution is 5.36. The minimum Gasteiger partial charge on any atom is -0.497 e. The monoisotopic (exact) mass is 340 g/mol. The van der Waals surface area contributed by atoms with Crippen LogP contribution in [0.2, 0.25) is 0 Å². The van der Waals surface area contributed by atoms with Crippen molar-refractivity contribution >= 4 is 0 Å². The average molecular weight is 341 g/mol. The molecule has 2 aromatic carbocycles. The Balaban J connectivity index is 0. The van der Waals surface area contributed by atoms with Crippen LogP contribution in [0, 0.1) is 11.3 Å². The van der Waals surface area contributed by atoms with Crippen molar-refractivity contribution in [1.29, 1.82) is 5.26 Å². The maximum absolute atomic E-state index is 8.72. The van der Waals surface area contributed by atoms with Gasteiger partial charge in [-0.05, 0) is 41.8 Å². The van der Waals surface area contributed by atoms with Crippen molar-refractivity contribution < 1.29 is 4.74 Å². The summed E-state index contributed by atoms with van der Waals surface area (Å²) in [6, 6.07) is 17.8. The van der Waals surface area contributed by atoms with Crippen LogP contribution < -0.4 is 10.5 Å². The largest absolute Gasteiger partial charge is 0.497 e. The highest BCUT2D eigenvalue weighted by Crippen LogP contribution is 2.16. The summed E-state index contributed by atoms with van der Waals surface area (Å²) in [5.41, 5.74) is 8.00. The van der Waals surface area contributed by atoms with Gasteiger partial charge in [0.05, 0.1) is 18.7 Å². The number of hydrogen-bond acceptors (Lipinski definition) is 3. The topological polar surface area (TPSA) is 59.0 Å². The molecule has 0 aliphatic heterocycles. The number of nitrogens with zero attached hydrogens (tertiary/aromatic N) is 1. The van der Waals surface area contributed by atoms with Crippen molar-refractivity contribution in [2.75, 3.05) is 13.7 Å².